The number of amides is 1. The lowest BCUT2D eigenvalue weighted by molar-refractivity contribution is 0.102. The number of halogens is 2. The smallest absolute Gasteiger partial charge is 0.259 e. The number of carbonyl (C=O) groups is 1. The molecule has 3 N–H and O–H groups in total. The number of aromatic nitrogens is 1. The molecule has 4 nitrogen and oxygen atoms in total. The van der Waals surface area contributed by atoms with Crippen molar-refractivity contribution in [1.29, 1.82) is 0 Å². The van der Waals surface area contributed by atoms with Gasteiger partial charge in [0.15, 0.2) is 11.6 Å². The highest BCUT2D eigenvalue weighted by atomic mass is 19.2. The summed E-state index contributed by atoms with van der Waals surface area (Å²) in [5, 5.41) is 2.43. The van der Waals surface area contributed by atoms with Crippen LogP contribution in [0.5, 0.6) is 0 Å². The second-order valence-electron chi connectivity index (χ2n) is 3.52. The number of hydrogen-bond acceptors (Lipinski definition) is 3. The van der Waals surface area contributed by atoms with E-state index in [2.05, 4.69) is 10.3 Å². The number of anilines is 2. The van der Waals surface area contributed by atoms with Crippen LogP contribution < -0.4 is 11.1 Å². The molecule has 0 fully saturated rings. The highest BCUT2D eigenvalue weighted by molar-refractivity contribution is 6.07. The lowest BCUT2D eigenvalue weighted by Crippen LogP contribution is -2.15. The molecule has 0 spiro atoms. The molecule has 18 heavy (non-hydrogen) atoms. The number of hydrogen-bond donors (Lipinski definition) is 2. The highest BCUT2D eigenvalue weighted by Crippen LogP contribution is 2.18. The van der Waals surface area contributed by atoms with Crippen LogP contribution in [0.4, 0.5) is 20.3 Å². The van der Waals surface area contributed by atoms with E-state index in [9.17, 15) is 13.6 Å². The summed E-state index contributed by atoms with van der Waals surface area (Å²) in [6, 6.07) is 6.44. The van der Waals surface area contributed by atoms with Gasteiger partial charge in [0.25, 0.3) is 5.91 Å². The summed E-state index contributed by atoms with van der Waals surface area (Å²) in [4.78, 5) is 15.7. The summed E-state index contributed by atoms with van der Waals surface area (Å²) in [5.41, 5.74) is 5.18. The van der Waals surface area contributed by atoms with Crippen LogP contribution in [0.2, 0.25) is 0 Å². The van der Waals surface area contributed by atoms with Crippen molar-refractivity contribution in [3.63, 3.8) is 0 Å². The lowest BCUT2D eigenvalue weighted by atomic mass is 10.1. The summed E-state index contributed by atoms with van der Waals surface area (Å²) >= 11 is 0. The fourth-order valence-corrected chi connectivity index (χ4v) is 1.38. The molecule has 0 aliphatic heterocycles. The number of nitrogens with zero attached hydrogens (tertiary/aromatic N) is 1. The number of benzene rings is 1. The first-order valence-electron chi connectivity index (χ1n) is 5.05. The van der Waals surface area contributed by atoms with Gasteiger partial charge in [0.05, 0.1) is 5.56 Å². The van der Waals surface area contributed by atoms with E-state index in [4.69, 9.17) is 5.73 Å². The van der Waals surface area contributed by atoms with Crippen LogP contribution in [0.15, 0.2) is 36.5 Å². The monoisotopic (exact) mass is 249 g/mol. The third kappa shape index (κ3) is 2.42. The molecule has 0 bridgehead atoms. The van der Waals surface area contributed by atoms with Crippen LogP contribution in [0.1, 0.15) is 10.4 Å². The number of nitrogen functional groups attached to an aromatic ring is 1. The number of nitrogens with two attached hydrogens (primary N) is 1. The van der Waals surface area contributed by atoms with Crippen LogP contribution in [-0.4, -0.2) is 10.9 Å². The van der Waals surface area contributed by atoms with Gasteiger partial charge in [-0.2, -0.15) is 0 Å². The fraction of sp³-hybridized carbons (Fsp3) is 0. The lowest BCUT2D eigenvalue weighted by Gasteiger charge is -2.07. The summed E-state index contributed by atoms with van der Waals surface area (Å²) < 4.78 is 25.9. The first-order chi connectivity index (χ1) is 8.58. The fourth-order valence-electron chi connectivity index (χ4n) is 1.38. The van der Waals surface area contributed by atoms with Gasteiger partial charge in [-0.3, -0.25) is 4.79 Å². The van der Waals surface area contributed by atoms with Crippen molar-refractivity contribution in [2.24, 2.45) is 0 Å². The van der Waals surface area contributed by atoms with Crippen molar-refractivity contribution in [2.45, 2.75) is 0 Å². The second kappa shape index (κ2) is 4.79. The largest absolute Gasteiger partial charge is 0.398 e. The number of nitrogens with one attached hydrogen (secondary N) is 1. The maximum absolute atomic E-state index is 13.0. The maximum Gasteiger partial charge on any atom is 0.259 e. The number of carbonyl (C=O) groups excluding carboxylic acids is 1. The molecule has 0 atom stereocenters. The average Bonchev–Trinajstić information content (AvgIpc) is 2.35. The van der Waals surface area contributed by atoms with Gasteiger partial charge in [0, 0.05) is 18.0 Å². The van der Waals surface area contributed by atoms with Crippen molar-refractivity contribution < 1.29 is 13.6 Å². The zero-order chi connectivity index (χ0) is 13.1. The molecule has 0 saturated carbocycles. The van der Waals surface area contributed by atoms with Crippen LogP contribution >= 0.6 is 0 Å². The molecule has 1 amide bonds. The molecular weight excluding hydrogens is 240 g/mol. The Hall–Kier alpha value is -2.50. The van der Waals surface area contributed by atoms with Gasteiger partial charge in [-0.15, -0.1) is 0 Å². The van der Waals surface area contributed by atoms with Crippen LogP contribution in [0.25, 0.3) is 0 Å². The van der Waals surface area contributed by atoms with Gasteiger partial charge in [-0.1, -0.05) is 6.07 Å². The maximum atomic E-state index is 13.0. The molecule has 2 rings (SSSR count). The molecule has 0 unspecified atom stereocenters. The molecule has 1 aromatic heterocycles. The van der Waals surface area contributed by atoms with E-state index < -0.39 is 17.5 Å². The Bertz CT molecular complexity index is 587. The first kappa shape index (κ1) is 12.0. The molecule has 92 valence electrons. The second-order valence-corrected chi connectivity index (χ2v) is 3.52. The van der Waals surface area contributed by atoms with Crippen LogP contribution in [0, 0.1) is 11.6 Å². The van der Waals surface area contributed by atoms with Crippen molar-refractivity contribution in [3.05, 3.63) is 53.7 Å². The molecule has 1 heterocycles. The van der Waals surface area contributed by atoms with E-state index >= 15 is 0 Å². The Morgan fingerprint density at radius 3 is 2.61 bits per heavy atom. The van der Waals surface area contributed by atoms with Crippen molar-refractivity contribution in [3.8, 4) is 0 Å². The van der Waals surface area contributed by atoms with E-state index in [0.29, 0.717) is 5.82 Å². The molecule has 0 radical (unpaired) electrons. The molecule has 0 aliphatic carbocycles. The van der Waals surface area contributed by atoms with Gasteiger partial charge in [-0.05, 0) is 18.2 Å². The Labute approximate surface area is 101 Å². The van der Waals surface area contributed by atoms with Gasteiger partial charge in [0.1, 0.15) is 5.82 Å². The molecule has 1 aromatic carbocycles. The summed E-state index contributed by atoms with van der Waals surface area (Å²) in [6.07, 6.45) is 1.49. The van der Waals surface area contributed by atoms with E-state index in [0.717, 1.165) is 12.1 Å². The van der Waals surface area contributed by atoms with E-state index in [1.54, 1.807) is 18.2 Å². The Morgan fingerprint density at radius 1 is 1.22 bits per heavy atom. The van der Waals surface area contributed by atoms with Gasteiger partial charge in [-0.25, -0.2) is 13.8 Å². The molecule has 6 heteroatoms. The summed E-state index contributed by atoms with van der Waals surface area (Å²) in [5.74, 6) is -2.58. The minimum Gasteiger partial charge on any atom is -0.398 e. The number of pyridine rings is 1. The standard InChI is InChI=1S/C12H9F2N3O/c13-8-5-7(10(15)6-9(8)14)12(18)17-11-3-1-2-4-16-11/h1-6H,15H2,(H,16,17,18). The predicted molar refractivity (Wildman–Crippen MR) is 63.0 cm³/mol. The van der Waals surface area contributed by atoms with Crippen LogP contribution in [-0.2, 0) is 0 Å². The Balaban J connectivity index is 2.27. The normalized spacial score (nSPS) is 10.1. The van der Waals surface area contributed by atoms with Gasteiger partial charge < -0.3 is 11.1 Å². The summed E-state index contributed by atoms with van der Waals surface area (Å²) in [6.45, 7) is 0. The van der Waals surface area contributed by atoms with Gasteiger partial charge in [0.2, 0.25) is 0 Å². The highest BCUT2D eigenvalue weighted by Gasteiger charge is 2.14. The summed E-state index contributed by atoms with van der Waals surface area (Å²) in [7, 11) is 0. The average molecular weight is 249 g/mol. The topological polar surface area (TPSA) is 68.0 Å². The zero-order valence-electron chi connectivity index (χ0n) is 9.15. The Morgan fingerprint density at radius 2 is 1.94 bits per heavy atom. The predicted octanol–water partition coefficient (Wildman–Crippen LogP) is 2.19. The van der Waals surface area contributed by atoms with Crippen molar-refractivity contribution in [1.82, 2.24) is 4.98 Å². The van der Waals surface area contributed by atoms with E-state index in [-0.39, 0.29) is 11.3 Å². The van der Waals surface area contributed by atoms with Crippen LogP contribution in [0.3, 0.4) is 0 Å². The third-order valence-corrected chi connectivity index (χ3v) is 2.24. The Kier molecular flexibility index (Phi) is 3.18. The first-order valence-corrected chi connectivity index (χ1v) is 5.05. The van der Waals surface area contributed by atoms with Crippen molar-refractivity contribution >= 4 is 17.4 Å². The number of rotatable bonds is 2. The minimum atomic E-state index is -1.13. The quantitative estimate of drug-likeness (QED) is 0.801. The molecule has 2 aromatic rings. The van der Waals surface area contributed by atoms with Gasteiger partial charge >= 0.3 is 0 Å². The SMILES string of the molecule is Nc1cc(F)c(F)cc1C(=O)Nc1ccccn1. The zero-order valence-corrected chi connectivity index (χ0v) is 9.15. The van der Waals surface area contributed by atoms with Crippen molar-refractivity contribution in [2.75, 3.05) is 11.1 Å². The molecular formula is C12H9F2N3O. The van der Waals surface area contributed by atoms with E-state index in [1.165, 1.54) is 6.20 Å². The molecule has 0 aliphatic rings. The third-order valence-electron chi connectivity index (χ3n) is 2.24. The molecule has 0 saturated heterocycles. The minimum absolute atomic E-state index is 0.137. The van der Waals surface area contributed by atoms with E-state index in [1.807, 2.05) is 0 Å².